The molecule has 0 amide bonds. The largest absolute Gasteiger partial charge is 0.0843 e. The lowest BCUT2D eigenvalue weighted by atomic mass is 9.97. The van der Waals surface area contributed by atoms with E-state index in [4.69, 9.17) is 6.58 Å². The van der Waals surface area contributed by atoms with Gasteiger partial charge < -0.3 is 0 Å². The summed E-state index contributed by atoms with van der Waals surface area (Å²) in [5, 5.41) is 0. The third kappa shape index (κ3) is 2.55. The van der Waals surface area contributed by atoms with Crippen LogP contribution in [0.15, 0.2) is 6.08 Å². The van der Waals surface area contributed by atoms with Crippen LogP contribution in [0.3, 0.4) is 0 Å². The van der Waals surface area contributed by atoms with Crippen molar-refractivity contribution in [3.05, 3.63) is 12.7 Å². The highest BCUT2D eigenvalue weighted by atomic mass is 14.1. The molecular weight excluding hydrogens is 120 g/mol. The lowest BCUT2D eigenvalue weighted by Crippen LogP contribution is -1.95. The molecule has 1 rings (SSSR count). The fourth-order valence-electron chi connectivity index (χ4n) is 1.79. The molecule has 0 saturated heterocycles. The smallest absolute Gasteiger partial charge is 0.0319 e. The monoisotopic (exact) mass is 137 g/mol. The summed E-state index contributed by atoms with van der Waals surface area (Å²) in [5.41, 5.74) is 0. The van der Waals surface area contributed by atoms with E-state index in [1.807, 2.05) is 6.08 Å². The molecule has 0 spiro atoms. The highest BCUT2D eigenvalue weighted by Crippen LogP contribution is 2.25. The summed E-state index contributed by atoms with van der Waals surface area (Å²) < 4.78 is 0. The molecule has 1 saturated carbocycles. The average molecular weight is 137 g/mol. The second-order valence-corrected chi connectivity index (χ2v) is 3.33. The van der Waals surface area contributed by atoms with Gasteiger partial charge in [-0.1, -0.05) is 51.2 Å². The lowest BCUT2D eigenvalue weighted by molar-refractivity contribution is 0.466. The Morgan fingerprint density at radius 1 is 1.10 bits per heavy atom. The first kappa shape index (κ1) is 7.84. The molecule has 0 unspecified atom stereocenters. The van der Waals surface area contributed by atoms with Crippen LogP contribution in [0, 0.1) is 12.5 Å². The molecule has 1 fully saturated rings. The van der Waals surface area contributed by atoms with Crippen molar-refractivity contribution in [3.8, 4) is 0 Å². The summed E-state index contributed by atoms with van der Waals surface area (Å²) in [6.07, 6.45) is 11.5. The van der Waals surface area contributed by atoms with Crippen molar-refractivity contribution in [2.75, 3.05) is 0 Å². The zero-order valence-corrected chi connectivity index (χ0v) is 6.68. The Balaban J connectivity index is 2.21. The van der Waals surface area contributed by atoms with Crippen molar-refractivity contribution < 1.29 is 0 Å². The van der Waals surface area contributed by atoms with Crippen molar-refractivity contribution in [2.45, 2.75) is 44.9 Å². The van der Waals surface area contributed by atoms with Gasteiger partial charge in [0, 0.05) is 0 Å². The van der Waals surface area contributed by atoms with Crippen LogP contribution in [-0.4, -0.2) is 0 Å². The minimum Gasteiger partial charge on any atom is -0.0843 e. The molecular formula is C10H17. The molecule has 1 aliphatic rings. The topological polar surface area (TPSA) is 0 Å². The van der Waals surface area contributed by atoms with Gasteiger partial charge in [0.15, 0.2) is 0 Å². The standard InChI is InChI=1S/C10H17/c1-2-7-10-8-5-3-4-6-9-10/h1-2,10H,3-9H2. The fraction of sp³-hybridized carbons (Fsp3) is 0.800. The summed E-state index contributed by atoms with van der Waals surface area (Å²) in [4.78, 5) is 0. The van der Waals surface area contributed by atoms with E-state index in [0.717, 1.165) is 12.3 Å². The van der Waals surface area contributed by atoms with Crippen LogP contribution in [0.4, 0.5) is 0 Å². The summed E-state index contributed by atoms with van der Waals surface area (Å²) in [6, 6.07) is 0. The lowest BCUT2D eigenvalue weighted by Gasteiger charge is -2.09. The van der Waals surface area contributed by atoms with Gasteiger partial charge in [-0.2, -0.15) is 0 Å². The molecule has 0 heterocycles. The van der Waals surface area contributed by atoms with Crippen LogP contribution < -0.4 is 0 Å². The molecule has 0 nitrogen and oxygen atoms in total. The van der Waals surface area contributed by atoms with E-state index >= 15 is 0 Å². The van der Waals surface area contributed by atoms with Gasteiger partial charge in [0.2, 0.25) is 0 Å². The fourth-order valence-corrected chi connectivity index (χ4v) is 1.79. The molecule has 1 radical (unpaired) electrons. The Morgan fingerprint density at radius 2 is 1.70 bits per heavy atom. The third-order valence-electron chi connectivity index (χ3n) is 2.44. The van der Waals surface area contributed by atoms with Crippen molar-refractivity contribution in [3.63, 3.8) is 0 Å². The Bertz CT molecular complexity index is 86.2. The Morgan fingerprint density at radius 3 is 2.20 bits per heavy atom. The Hall–Kier alpha value is -0.260. The Labute approximate surface area is 64.3 Å². The van der Waals surface area contributed by atoms with Crippen LogP contribution in [0.2, 0.25) is 0 Å². The predicted molar refractivity (Wildman–Crippen MR) is 44.7 cm³/mol. The number of hydrogen-bond donors (Lipinski definition) is 0. The summed E-state index contributed by atoms with van der Waals surface area (Å²) >= 11 is 0. The van der Waals surface area contributed by atoms with Crippen molar-refractivity contribution in [1.82, 2.24) is 0 Å². The summed E-state index contributed by atoms with van der Waals surface area (Å²) in [6.45, 7) is 5.39. The van der Waals surface area contributed by atoms with Crippen molar-refractivity contribution in [2.24, 2.45) is 5.92 Å². The molecule has 10 heavy (non-hydrogen) atoms. The van der Waals surface area contributed by atoms with Crippen molar-refractivity contribution >= 4 is 0 Å². The SMILES string of the molecule is [CH]=CCC1CCCCCC1. The molecule has 0 aromatic heterocycles. The predicted octanol–water partition coefficient (Wildman–Crippen LogP) is 3.34. The van der Waals surface area contributed by atoms with Crippen LogP contribution in [0.1, 0.15) is 44.9 Å². The van der Waals surface area contributed by atoms with E-state index in [-0.39, 0.29) is 0 Å². The van der Waals surface area contributed by atoms with E-state index in [9.17, 15) is 0 Å². The van der Waals surface area contributed by atoms with Gasteiger partial charge >= 0.3 is 0 Å². The number of allylic oxidation sites excluding steroid dienone is 1. The molecule has 0 aromatic carbocycles. The molecule has 1 aliphatic carbocycles. The van der Waals surface area contributed by atoms with Gasteiger partial charge in [0.05, 0.1) is 0 Å². The molecule has 0 heteroatoms. The molecule has 0 aromatic rings. The highest BCUT2D eigenvalue weighted by molar-refractivity contribution is 4.72. The van der Waals surface area contributed by atoms with Gasteiger partial charge in [0.1, 0.15) is 0 Å². The van der Waals surface area contributed by atoms with Crippen molar-refractivity contribution in [1.29, 1.82) is 0 Å². The zero-order chi connectivity index (χ0) is 7.23. The molecule has 57 valence electrons. The molecule has 0 N–H and O–H groups in total. The maximum absolute atomic E-state index is 5.39. The summed E-state index contributed by atoms with van der Waals surface area (Å²) in [5.74, 6) is 0.910. The van der Waals surface area contributed by atoms with Gasteiger partial charge in [0.25, 0.3) is 0 Å². The van der Waals surface area contributed by atoms with Gasteiger partial charge in [-0.3, -0.25) is 0 Å². The van der Waals surface area contributed by atoms with E-state index in [1.165, 1.54) is 38.5 Å². The quantitative estimate of drug-likeness (QED) is 0.512. The summed E-state index contributed by atoms with van der Waals surface area (Å²) in [7, 11) is 0. The van der Waals surface area contributed by atoms with E-state index in [1.54, 1.807) is 0 Å². The minimum absolute atomic E-state index is 0.910. The molecule has 0 atom stereocenters. The maximum Gasteiger partial charge on any atom is -0.0319 e. The van der Waals surface area contributed by atoms with Gasteiger partial charge in [-0.25, -0.2) is 0 Å². The minimum atomic E-state index is 0.910. The molecule has 0 aliphatic heterocycles. The van der Waals surface area contributed by atoms with E-state index in [0.29, 0.717) is 0 Å². The second-order valence-electron chi connectivity index (χ2n) is 3.33. The van der Waals surface area contributed by atoms with Crippen LogP contribution in [0.25, 0.3) is 0 Å². The first-order chi connectivity index (χ1) is 4.93. The van der Waals surface area contributed by atoms with E-state index < -0.39 is 0 Å². The number of rotatable bonds is 2. The van der Waals surface area contributed by atoms with Gasteiger partial charge in [-0.05, 0) is 12.3 Å². The first-order valence-corrected chi connectivity index (χ1v) is 4.47. The normalized spacial score (nSPS) is 22.0. The second kappa shape index (κ2) is 4.54. The zero-order valence-electron chi connectivity index (χ0n) is 6.68. The Kier molecular flexibility index (Phi) is 3.56. The maximum atomic E-state index is 5.39. The number of hydrogen-bond acceptors (Lipinski definition) is 0. The van der Waals surface area contributed by atoms with E-state index in [2.05, 4.69) is 0 Å². The molecule has 0 bridgehead atoms. The van der Waals surface area contributed by atoms with Crippen LogP contribution >= 0.6 is 0 Å². The van der Waals surface area contributed by atoms with Crippen LogP contribution in [0.5, 0.6) is 0 Å². The van der Waals surface area contributed by atoms with Gasteiger partial charge in [-0.15, -0.1) is 0 Å². The first-order valence-electron chi connectivity index (χ1n) is 4.47. The van der Waals surface area contributed by atoms with Crippen LogP contribution in [-0.2, 0) is 0 Å². The third-order valence-corrected chi connectivity index (χ3v) is 2.44. The average Bonchev–Trinajstić information content (AvgIpc) is 2.17. The highest BCUT2D eigenvalue weighted by Gasteiger charge is 2.09.